The van der Waals surface area contributed by atoms with Crippen LogP contribution in [0.5, 0.6) is 0 Å². The molecule has 0 fully saturated rings. The number of nitro groups is 1. The molecule has 1 aromatic heterocycles. The first kappa shape index (κ1) is 21.5. The van der Waals surface area contributed by atoms with E-state index in [1.165, 1.54) is 10.7 Å². The SMILES string of the molecule is CCOC(=O)c1ccn(-c2cccc(NC(=O)CCNc3ccccc3[N+](=O)[O-])c2)n1. The Morgan fingerprint density at radius 3 is 2.74 bits per heavy atom. The summed E-state index contributed by atoms with van der Waals surface area (Å²) >= 11 is 0. The molecule has 160 valence electrons. The molecule has 0 saturated heterocycles. The van der Waals surface area contributed by atoms with E-state index in [0.717, 1.165) is 0 Å². The first-order valence-electron chi connectivity index (χ1n) is 9.58. The van der Waals surface area contributed by atoms with Gasteiger partial charge >= 0.3 is 5.97 Å². The van der Waals surface area contributed by atoms with Crippen LogP contribution in [0.2, 0.25) is 0 Å². The smallest absolute Gasteiger partial charge is 0.358 e. The molecule has 2 aromatic carbocycles. The number of benzene rings is 2. The zero-order valence-electron chi connectivity index (χ0n) is 16.8. The number of nitrogens with zero attached hydrogens (tertiary/aromatic N) is 3. The predicted molar refractivity (Wildman–Crippen MR) is 114 cm³/mol. The maximum Gasteiger partial charge on any atom is 0.358 e. The van der Waals surface area contributed by atoms with Crippen molar-refractivity contribution in [3.63, 3.8) is 0 Å². The third-order valence-corrected chi connectivity index (χ3v) is 4.24. The maximum atomic E-state index is 12.3. The molecule has 2 N–H and O–H groups in total. The summed E-state index contributed by atoms with van der Waals surface area (Å²) in [5, 5.41) is 20.9. The average molecular weight is 423 g/mol. The van der Waals surface area contributed by atoms with Gasteiger partial charge in [-0.2, -0.15) is 5.10 Å². The lowest BCUT2D eigenvalue weighted by atomic mass is 10.2. The number of para-hydroxylation sites is 2. The highest BCUT2D eigenvalue weighted by atomic mass is 16.6. The highest BCUT2D eigenvalue weighted by Gasteiger charge is 2.13. The number of amides is 1. The Bertz CT molecular complexity index is 1100. The Labute approximate surface area is 178 Å². The minimum absolute atomic E-state index is 0.0444. The molecule has 3 rings (SSSR count). The van der Waals surface area contributed by atoms with E-state index >= 15 is 0 Å². The highest BCUT2D eigenvalue weighted by Crippen LogP contribution is 2.23. The van der Waals surface area contributed by atoms with Crippen molar-refractivity contribution in [2.45, 2.75) is 13.3 Å². The highest BCUT2D eigenvalue weighted by molar-refractivity contribution is 5.91. The number of nitro benzene ring substituents is 1. The second-order valence-electron chi connectivity index (χ2n) is 6.42. The lowest BCUT2D eigenvalue weighted by Crippen LogP contribution is -2.16. The van der Waals surface area contributed by atoms with Crippen molar-refractivity contribution in [2.24, 2.45) is 0 Å². The number of anilines is 2. The van der Waals surface area contributed by atoms with Gasteiger partial charge in [0.1, 0.15) is 5.69 Å². The average Bonchev–Trinajstić information content (AvgIpc) is 3.25. The topological polar surface area (TPSA) is 128 Å². The summed E-state index contributed by atoms with van der Waals surface area (Å²) in [5.41, 5.74) is 1.72. The monoisotopic (exact) mass is 423 g/mol. The van der Waals surface area contributed by atoms with Gasteiger partial charge in [-0.05, 0) is 37.3 Å². The fraction of sp³-hybridized carbons (Fsp3) is 0.190. The second kappa shape index (κ2) is 10.0. The summed E-state index contributed by atoms with van der Waals surface area (Å²) in [5.74, 6) is -0.757. The van der Waals surface area contributed by atoms with E-state index in [2.05, 4.69) is 15.7 Å². The van der Waals surface area contributed by atoms with E-state index in [1.807, 2.05) is 0 Å². The zero-order valence-corrected chi connectivity index (χ0v) is 16.8. The minimum Gasteiger partial charge on any atom is -0.461 e. The lowest BCUT2D eigenvalue weighted by Gasteiger charge is -2.09. The zero-order chi connectivity index (χ0) is 22.2. The van der Waals surface area contributed by atoms with Crippen LogP contribution >= 0.6 is 0 Å². The number of ether oxygens (including phenoxy) is 1. The molecule has 0 unspecified atom stereocenters. The molecule has 31 heavy (non-hydrogen) atoms. The Balaban J connectivity index is 1.58. The van der Waals surface area contributed by atoms with Gasteiger partial charge in [-0.25, -0.2) is 9.48 Å². The molecule has 10 nitrogen and oxygen atoms in total. The molecule has 0 aliphatic rings. The van der Waals surface area contributed by atoms with Crippen LogP contribution in [0.3, 0.4) is 0 Å². The summed E-state index contributed by atoms with van der Waals surface area (Å²) in [6.07, 6.45) is 1.74. The largest absolute Gasteiger partial charge is 0.461 e. The van der Waals surface area contributed by atoms with Gasteiger partial charge in [-0.1, -0.05) is 18.2 Å². The van der Waals surface area contributed by atoms with E-state index in [-0.39, 0.29) is 36.9 Å². The molecule has 0 bridgehead atoms. The number of hydrogen-bond donors (Lipinski definition) is 2. The van der Waals surface area contributed by atoms with Gasteiger partial charge in [-0.15, -0.1) is 0 Å². The third kappa shape index (κ3) is 5.66. The second-order valence-corrected chi connectivity index (χ2v) is 6.42. The van der Waals surface area contributed by atoms with Crippen LogP contribution in [0.4, 0.5) is 17.1 Å². The van der Waals surface area contributed by atoms with E-state index < -0.39 is 10.9 Å². The molecule has 0 atom stereocenters. The van der Waals surface area contributed by atoms with Crippen LogP contribution in [-0.2, 0) is 9.53 Å². The number of nitrogens with one attached hydrogen (secondary N) is 2. The van der Waals surface area contributed by atoms with Gasteiger partial charge in [-0.3, -0.25) is 14.9 Å². The van der Waals surface area contributed by atoms with Crippen LogP contribution in [0.1, 0.15) is 23.8 Å². The van der Waals surface area contributed by atoms with Crippen LogP contribution in [0.25, 0.3) is 5.69 Å². The molecular formula is C21H21N5O5. The molecule has 0 aliphatic carbocycles. The molecular weight excluding hydrogens is 402 g/mol. The van der Waals surface area contributed by atoms with Gasteiger partial charge in [0.05, 0.1) is 17.2 Å². The molecule has 3 aromatic rings. The molecule has 0 spiro atoms. The third-order valence-electron chi connectivity index (χ3n) is 4.24. The van der Waals surface area contributed by atoms with Crippen molar-refractivity contribution in [1.82, 2.24) is 9.78 Å². The maximum absolute atomic E-state index is 12.3. The molecule has 0 radical (unpaired) electrons. The van der Waals surface area contributed by atoms with Crippen LogP contribution in [0, 0.1) is 10.1 Å². The molecule has 1 amide bonds. The summed E-state index contributed by atoms with van der Waals surface area (Å²) in [4.78, 5) is 34.6. The van der Waals surface area contributed by atoms with Crippen molar-refractivity contribution >= 4 is 28.9 Å². The van der Waals surface area contributed by atoms with Gasteiger partial charge in [0.2, 0.25) is 5.91 Å². The van der Waals surface area contributed by atoms with Gasteiger partial charge in [0.15, 0.2) is 5.69 Å². The van der Waals surface area contributed by atoms with Crippen molar-refractivity contribution < 1.29 is 19.2 Å². The number of esters is 1. The van der Waals surface area contributed by atoms with Crippen molar-refractivity contribution in [3.8, 4) is 5.69 Å². The fourth-order valence-corrected chi connectivity index (χ4v) is 2.82. The first-order valence-corrected chi connectivity index (χ1v) is 9.58. The summed E-state index contributed by atoms with van der Waals surface area (Å²) in [6, 6.07) is 14.8. The van der Waals surface area contributed by atoms with Crippen molar-refractivity contribution in [3.05, 3.63) is 76.6 Å². The Kier molecular flexibility index (Phi) is 6.94. The van der Waals surface area contributed by atoms with Crippen molar-refractivity contribution in [1.29, 1.82) is 0 Å². The number of aromatic nitrogens is 2. The predicted octanol–water partition coefficient (Wildman–Crippen LogP) is 3.40. The number of hydrogen-bond acceptors (Lipinski definition) is 7. The number of carbonyl (C=O) groups excluding carboxylic acids is 2. The standard InChI is InChI=1S/C21H21N5O5/c1-2-31-21(28)18-11-13-25(24-18)16-7-5-6-15(14-16)23-20(27)10-12-22-17-8-3-4-9-19(17)26(29)30/h3-9,11,13-14,22H,2,10,12H2,1H3,(H,23,27). The number of rotatable bonds is 9. The first-order chi connectivity index (χ1) is 15.0. The van der Waals surface area contributed by atoms with Gasteiger partial charge in [0, 0.05) is 30.9 Å². The van der Waals surface area contributed by atoms with E-state index in [0.29, 0.717) is 17.1 Å². The normalized spacial score (nSPS) is 10.4. The van der Waals surface area contributed by atoms with Crippen LogP contribution in [-0.4, -0.2) is 39.7 Å². The Hall–Kier alpha value is -4.21. The Morgan fingerprint density at radius 1 is 1.16 bits per heavy atom. The minimum atomic E-state index is -0.503. The van der Waals surface area contributed by atoms with Gasteiger partial charge in [0.25, 0.3) is 5.69 Å². The molecule has 1 heterocycles. The molecule has 0 aliphatic heterocycles. The quantitative estimate of drug-likeness (QED) is 0.307. The van der Waals surface area contributed by atoms with Crippen LogP contribution in [0.15, 0.2) is 60.8 Å². The van der Waals surface area contributed by atoms with E-state index in [4.69, 9.17) is 4.74 Å². The summed E-state index contributed by atoms with van der Waals surface area (Å²) < 4.78 is 6.44. The summed E-state index contributed by atoms with van der Waals surface area (Å²) in [6.45, 7) is 2.22. The lowest BCUT2D eigenvalue weighted by molar-refractivity contribution is -0.384. The molecule has 0 saturated carbocycles. The Morgan fingerprint density at radius 2 is 1.97 bits per heavy atom. The molecule has 10 heteroatoms. The number of carbonyl (C=O) groups is 2. The fourth-order valence-electron chi connectivity index (χ4n) is 2.82. The van der Waals surface area contributed by atoms with E-state index in [1.54, 1.807) is 61.7 Å². The van der Waals surface area contributed by atoms with Crippen molar-refractivity contribution in [2.75, 3.05) is 23.8 Å². The summed E-state index contributed by atoms with van der Waals surface area (Å²) in [7, 11) is 0. The van der Waals surface area contributed by atoms with Gasteiger partial charge < -0.3 is 15.4 Å². The van der Waals surface area contributed by atoms with Crippen LogP contribution < -0.4 is 10.6 Å². The van der Waals surface area contributed by atoms with E-state index in [9.17, 15) is 19.7 Å².